The number of esters is 1. The number of anilines is 1. The smallest absolute Gasteiger partial charge is 0.338 e. The van der Waals surface area contributed by atoms with E-state index < -0.39 is 35.7 Å². The maximum Gasteiger partial charge on any atom is 0.338 e. The third kappa shape index (κ3) is 8.15. The number of nitrogens with one attached hydrogen (secondary N) is 3. The van der Waals surface area contributed by atoms with Gasteiger partial charge in [0.15, 0.2) is 11.6 Å². The zero-order valence-corrected chi connectivity index (χ0v) is 26.3. The van der Waals surface area contributed by atoms with Crippen molar-refractivity contribution >= 4 is 35.2 Å². The summed E-state index contributed by atoms with van der Waals surface area (Å²) in [4.78, 5) is 54.5. The van der Waals surface area contributed by atoms with Crippen LogP contribution in [-0.4, -0.2) is 80.7 Å². The van der Waals surface area contributed by atoms with Crippen LogP contribution in [0.1, 0.15) is 43.9 Å². The Labute approximate surface area is 266 Å². The summed E-state index contributed by atoms with van der Waals surface area (Å²) in [5, 5.41) is 8.14. The second-order valence-electron chi connectivity index (χ2n) is 11.3. The molecule has 246 valence electrons. The zero-order valence-electron chi connectivity index (χ0n) is 26.3. The first-order chi connectivity index (χ1) is 22.0. The molecule has 0 radical (unpaired) electrons. The highest BCUT2D eigenvalue weighted by molar-refractivity contribution is 6.01. The van der Waals surface area contributed by atoms with Crippen molar-refractivity contribution in [3.63, 3.8) is 0 Å². The number of amides is 5. The average molecular weight is 640 g/mol. The molecule has 2 aliphatic heterocycles. The van der Waals surface area contributed by atoms with Crippen molar-refractivity contribution in [1.29, 1.82) is 0 Å². The van der Waals surface area contributed by atoms with Gasteiger partial charge in [0.25, 0.3) is 0 Å². The molecule has 1 unspecified atom stereocenters. The number of rotatable bonds is 11. The largest absolute Gasteiger partial charge is 0.466 e. The predicted molar refractivity (Wildman–Crippen MR) is 167 cm³/mol. The molecule has 2 heterocycles. The van der Waals surface area contributed by atoms with Gasteiger partial charge in [0, 0.05) is 44.9 Å². The molecule has 0 aromatic heterocycles. The molecular weight excluding hydrogens is 600 g/mol. The number of halogens is 2. The van der Waals surface area contributed by atoms with Crippen molar-refractivity contribution in [3.8, 4) is 0 Å². The molecule has 0 saturated heterocycles. The topological polar surface area (TPSA) is 129 Å². The fourth-order valence-corrected chi connectivity index (χ4v) is 5.32. The zero-order chi connectivity index (χ0) is 33.4. The van der Waals surface area contributed by atoms with Crippen molar-refractivity contribution in [1.82, 2.24) is 20.4 Å². The minimum Gasteiger partial charge on any atom is -0.466 e. The van der Waals surface area contributed by atoms with Gasteiger partial charge < -0.3 is 25.4 Å². The lowest BCUT2D eigenvalue weighted by Crippen LogP contribution is -2.55. The number of carbonyl (C=O) groups is 4. The van der Waals surface area contributed by atoms with Gasteiger partial charge in [0.1, 0.15) is 6.04 Å². The summed E-state index contributed by atoms with van der Waals surface area (Å²) in [5.41, 5.74) is 2.90. The molecule has 0 fully saturated rings. The molecule has 11 nitrogen and oxygen atoms in total. The lowest BCUT2D eigenvalue weighted by atomic mass is 9.93. The van der Waals surface area contributed by atoms with E-state index in [-0.39, 0.29) is 41.8 Å². The van der Waals surface area contributed by atoms with E-state index in [1.165, 1.54) is 18.7 Å². The van der Waals surface area contributed by atoms with Crippen LogP contribution in [-0.2, 0) is 19.1 Å². The first-order valence-electron chi connectivity index (χ1n) is 15.0. The molecule has 4 rings (SSSR count). The van der Waals surface area contributed by atoms with Gasteiger partial charge in [0.2, 0.25) is 5.91 Å². The molecule has 0 aliphatic carbocycles. The van der Waals surface area contributed by atoms with Crippen LogP contribution in [0.25, 0.3) is 5.57 Å². The molecule has 2 aromatic rings. The number of imide groups is 1. The van der Waals surface area contributed by atoms with Crippen molar-refractivity contribution in [2.75, 3.05) is 52.3 Å². The van der Waals surface area contributed by atoms with Gasteiger partial charge in [-0.1, -0.05) is 38.1 Å². The SMILES string of the molecule is COCC1=C(C(=O)OC)C(c2ccc(F)c(F)c2)N(C(=O)NCCCN2CC=C(c3cccc(NC(=O)C(C)C)c3)CC2)C(=O)N1. The molecule has 0 saturated carbocycles. The van der Waals surface area contributed by atoms with Gasteiger partial charge in [-0.3, -0.25) is 9.69 Å². The Bertz CT molecular complexity index is 1540. The van der Waals surface area contributed by atoms with Gasteiger partial charge in [-0.15, -0.1) is 0 Å². The lowest BCUT2D eigenvalue weighted by Gasteiger charge is -2.36. The molecule has 5 amide bonds. The Hall–Kier alpha value is -4.62. The Kier molecular flexibility index (Phi) is 11.6. The van der Waals surface area contributed by atoms with Crippen LogP contribution in [0, 0.1) is 17.6 Å². The normalized spacial score (nSPS) is 17.0. The molecule has 3 N–H and O–H groups in total. The number of benzene rings is 2. The standard InChI is InChI=1S/C33H39F2N5O6/c1-20(2)30(41)37-24-8-5-7-22(17-24)21-11-15-39(16-12-21)14-6-13-36-32(43)40-29(23-9-10-25(34)26(35)18-23)28(31(42)46-4)27(19-45-3)38-33(40)44/h5,7-11,17-18,20,29H,6,12-16,19H2,1-4H3,(H,36,43)(H,37,41)(H,38,44). The molecule has 2 aromatic carbocycles. The quantitative estimate of drug-likeness (QED) is 0.242. The summed E-state index contributed by atoms with van der Waals surface area (Å²) < 4.78 is 38.1. The van der Waals surface area contributed by atoms with E-state index in [1.807, 2.05) is 38.1 Å². The number of methoxy groups -OCH3 is 2. The summed E-state index contributed by atoms with van der Waals surface area (Å²) in [6.07, 6.45) is 3.52. The van der Waals surface area contributed by atoms with Crippen molar-refractivity contribution in [2.24, 2.45) is 5.92 Å². The molecule has 0 bridgehead atoms. The van der Waals surface area contributed by atoms with Crippen molar-refractivity contribution in [3.05, 3.63) is 82.6 Å². The first-order valence-corrected chi connectivity index (χ1v) is 15.0. The van der Waals surface area contributed by atoms with E-state index in [0.29, 0.717) is 19.5 Å². The molecular formula is C33H39F2N5O6. The third-order valence-electron chi connectivity index (χ3n) is 7.75. The van der Waals surface area contributed by atoms with Crippen LogP contribution in [0.4, 0.5) is 24.1 Å². The Balaban J connectivity index is 1.39. The molecule has 0 spiro atoms. The summed E-state index contributed by atoms with van der Waals surface area (Å²) in [5.74, 6) is -3.35. The van der Waals surface area contributed by atoms with Crippen molar-refractivity contribution < 1.29 is 37.4 Å². The van der Waals surface area contributed by atoms with Gasteiger partial charge in [-0.25, -0.2) is 28.1 Å². The van der Waals surface area contributed by atoms with E-state index in [2.05, 4.69) is 26.9 Å². The second kappa shape index (κ2) is 15.6. The maximum absolute atomic E-state index is 14.3. The molecule has 46 heavy (non-hydrogen) atoms. The van der Waals surface area contributed by atoms with Gasteiger partial charge in [0.05, 0.1) is 25.0 Å². The van der Waals surface area contributed by atoms with Crippen molar-refractivity contribution in [2.45, 2.75) is 32.7 Å². The van der Waals surface area contributed by atoms with Gasteiger partial charge >= 0.3 is 18.0 Å². The summed E-state index contributed by atoms with van der Waals surface area (Å²) in [7, 11) is 2.48. The van der Waals surface area contributed by atoms with Crippen LogP contribution in [0.5, 0.6) is 0 Å². The van der Waals surface area contributed by atoms with Crippen LogP contribution < -0.4 is 16.0 Å². The number of hydrogen-bond acceptors (Lipinski definition) is 7. The van der Waals surface area contributed by atoms with E-state index in [0.717, 1.165) is 48.4 Å². The number of nitrogens with zero attached hydrogens (tertiary/aromatic N) is 2. The lowest BCUT2D eigenvalue weighted by molar-refractivity contribution is -0.137. The maximum atomic E-state index is 14.3. The van der Waals surface area contributed by atoms with Gasteiger partial charge in [-0.05, 0) is 53.8 Å². The van der Waals surface area contributed by atoms with Crippen LogP contribution >= 0.6 is 0 Å². The number of ether oxygens (including phenoxy) is 2. The highest BCUT2D eigenvalue weighted by Gasteiger charge is 2.43. The molecule has 2 aliphatic rings. The monoisotopic (exact) mass is 639 g/mol. The average Bonchev–Trinajstić information content (AvgIpc) is 3.04. The predicted octanol–water partition coefficient (Wildman–Crippen LogP) is 4.59. The van der Waals surface area contributed by atoms with E-state index >= 15 is 0 Å². The Morgan fingerprint density at radius 1 is 1.09 bits per heavy atom. The number of carbonyl (C=O) groups excluding carboxylic acids is 4. The first kappa shape index (κ1) is 34.3. The van der Waals surface area contributed by atoms with E-state index in [9.17, 15) is 28.0 Å². The van der Waals surface area contributed by atoms with Crippen LogP contribution in [0.15, 0.2) is 59.8 Å². The number of urea groups is 2. The summed E-state index contributed by atoms with van der Waals surface area (Å²) >= 11 is 0. The molecule has 13 heteroatoms. The Morgan fingerprint density at radius 2 is 1.87 bits per heavy atom. The minimum atomic E-state index is -1.40. The fourth-order valence-electron chi connectivity index (χ4n) is 5.32. The molecule has 1 atom stereocenters. The van der Waals surface area contributed by atoms with E-state index in [4.69, 9.17) is 9.47 Å². The van der Waals surface area contributed by atoms with Crippen LogP contribution in [0.3, 0.4) is 0 Å². The number of hydrogen-bond donors (Lipinski definition) is 3. The highest BCUT2D eigenvalue weighted by atomic mass is 19.2. The minimum absolute atomic E-state index is 0.00153. The third-order valence-corrected chi connectivity index (χ3v) is 7.75. The summed E-state index contributed by atoms with van der Waals surface area (Å²) in [6.45, 7) is 5.87. The van der Waals surface area contributed by atoms with Crippen LogP contribution in [0.2, 0.25) is 0 Å². The fraction of sp³-hybridized carbons (Fsp3) is 0.394. The summed E-state index contributed by atoms with van der Waals surface area (Å²) in [6, 6.07) is 7.58. The van der Waals surface area contributed by atoms with E-state index in [1.54, 1.807) is 0 Å². The highest BCUT2D eigenvalue weighted by Crippen LogP contribution is 2.35. The second-order valence-corrected chi connectivity index (χ2v) is 11.3. The van der Waals surface area contributed by atoms with Gasteiger partial charge in [-0.2, -0.15) is 0 Å². The Morgan fingerprint density at radius 3 is 2.52 bits per heavy atom.